The molecule has 0 bridgehead atoms. The summed E-state index contributed by atoms with van der Waals surface area (Å²) >= 11 is 0. The van der Waals surface area contributed by atoms with Gasteiger partial charge in [0.25, 0.3) is 0 Å². The van der Waals surface area contributed by atoms with Gasteiger partial charge in [-0.1, -0.05) is 26.0 Å². The molecule has 0 aromatic carbocycles. The van der Waals surface area contributed by atoms with Crippen molar-refractivity contribution in [1.29, 1.82) is 0 Å². The number of allylic oxidation sites excluding steroid dienone is 4. The van der Waals surface area contributed by atoms with E-state index in [0.29, 0.717) is 6.61 Å². The molecule has 0 amide bonds. The van der Waals surface area contributed by atoms with Gasteiger partial charge in [0.2, 0.25) is 0 Å². The van der Waals surface area contributed by atoms with Gasteiger partial charge in [-0.2, -0.15) is 0 Å². The smallest absolute Gasteiger partial charge is 0.115 e. The minimum absolute atomic E-state index is 0.295. The van der Waals surface area contributed by atoms with Gasteiger partial charge in [-0.15, -0.1) is 0 Å². The van der Waals surface area contributed by atoms with E-state index in [1.165, 1.54) is 5.57 Å². The first-order chi connectivity index (χ1) is 9.77. The molecule has 114 valence electrons. The molecule has 0 radical (unpaired) electrons. The first-order valence-corrected chi connectivity index (χ1v) is 7.73. The highest BCUT2D eigenvalue weighted by Crippen LogP contribution is 2.24. The Kier molecular flexibility index (Phi) is 8.88. The molecule has 1 rings (SSSR count). The standard InChI is InChI=1S/C17H28O3/c1-3-13-19-15(2)16-8-10-17(11-9-16)20-14-7-5-4-6-12-18/h8,10,18H,2-7,9,11-14H2,1H3. The van der Waals surface area contributed by atoms with Gasteiger partial charge >= 0.3 is 0 Å². The maximum atomic E-state index is 8.69. The molecule has 0 fully saturated rings. The monoisotopic (exact) mass is 280 g/mol. The Bertz CT molecular complexity index is 342. The van der Waals surface area contributed by atoms with Gasteiger partial charge in [0, 0.05) is 13.0 Å². The predicted molar refractivity (Wildman–Crippen MR) is 82.3 cm³/mol. The van der Waals surface area contributed by atoms with Crippen LogP contribution in [-0.4, -0.2) is 24.9 Å². The minimum atomic E-state index is 0.295. The van der Waals surface area contributed by atoms with Crippen molar-refractivity contribution in [2.75, 3.05) is 19.8 Å². The lowest BCUT2D eigenvalue weighted by molar-refractivity contribution is 0.190. The highest BCUT2D eigenvalue weighted by molar-refractivity contribution is 5.32. The van der Waals surface area contributed by atoms with E-state index in [0.717, 1.165) is 69.7 Å². The van der Waals surface area contributed by atoms with Crippen molar-refractivity contribution in [3.63, 3.8) is 0 Å². The molecule has 0 saturated heterocycles. The van der Waals surface area contributed by atoms with Gasteiger partial charge in [-0.25, -0.2) is 0 Å². The maximum absolute atomic E-state index is 8.69. The van der Waals surface area contributed by atoms with Crippen molar-refractivity contribution in [2.45, 2.75) is 51.9 Å². The summed E-state index contributed by atoms with van der Waals surface area (Å²) in [4.78, 5) is 0. The Hall–Kier alpha value is -1.22. The van der Waals surface area contributed by atoms with Crippen LogP contribution in [0.1, 0.15) is 51.9 Å². The largest absolute Gasteiger partial charge is 0.498 e. The maximum Gasteiger partial charge on any atom is 0.115 e. The molecule has 20 heavy (non-hydrogen) atoms. The van der Waals surface area contributed by atoms with E-state index in [1.54, 1.807) is 0 Å². The second-order valence-corrected chi connectivity index (χ2v) is 5.08. The molecule has 1 aliphatic carbocycles. The normalized spacial score (nSPS) is 14.5. The number of aliphatic hydroxyl groups is 1. The number of hydrogen-bond acceptors (Lipinski definition) is 3. The first kappa shape index (κ1) is 16.8. The van der Waals surface area contributed by atoms with Crippen molar-refractivity contribution in [1.82, 2.24) is 0 Å². The van der Waals surface area contributed by atoms with Crippen LogP contribution in [0.4, 0.5) is 0 Å². The van der Waals surface area contributed by atoms with Crippen LogP contribution in [0.2, 0.25) is 0 Å². The number of ether oxygens (including phenoxy) is 2. The second kappa shape index (κ2) is 10.6. The van der Waals surface area contributed by atoms with Gasteiger partial charge in [-0.05, 0) is 43.8 Å². The zero-order valence-corrected chi connectivity index (χ0v) is 12.7. The lowest BCUT2D eigenvalue weighted by atomic mass is 10.0. The number of aliphatic hydroxyl groups excluding tert-OH is 1. The molecule has 1 N–H and O–H groups in total. The Balaban J connectivity index is 2.21. The molecular formula is C17H28O3. The minimum Gasteiger partial charge on any atom is -0.498 e. The number of unbranched alkanes of at least 4 members (excludes halogenated alkanes) is 3. The van der Waals surface area contributed by atoms with Gasteiger partial charge in [0.1, 0.15) is 5.76 Å². The summed E-state index contributed by atoms with van der Waals surface area (Å²) in [6.07, 6.45) is 11.1. The predicted octanol–water partition coefficient (Wildman–Crippen LogP) is 4.10. The fourth-order valence-corrected chi connectivity index (χ4v) is 2.06. The third-order valence-corrected chi connectivity index (χ3v) is 3.29. The third kappa shape index (κ3) is 6.80. The van der Waals surface area contributed by atoms with Crippen LogP contribution in [0.15, 0.2) is 35.8 Å². The number of hydrogen-bond donors (Lipinski definition) is 1. The summed E-state index contributed by atoms with van der Waals surface area (Å²) in [5.41, 5.74) is 1.17. The average Bonchev–Trinajstić information content (AvgIpc) is 2.49. The number of rotatable bonds is 11. The Morgan fingerprint density at radius 3 is 2.60 bits per heavy atom. The van der Waals surface area contributed by atoms with E-state index in [-0.39, 0.29) is 0 Å². The molecule has 0 atom stereocenters. The van der Waals surface area contributed by atoms with E-state index in [2.05, 4.69) is 19.6 Å². The molecule has 1 aliphatic rings. The molecule has 0 aromatic rings. The SMILES string of the molecule is C=C(OCCC)C1=CC=C(OCCCCCCO)CC1. The summed E-state index contributed by atoms with van der Waals surface area (Å²) in [7, 11) is 0. The van der Waals surface area contributed by atoms with E-state index in [1.807, 2.05) is 6.08 Å². The Morgan fingerprint density at radius 1 is 1.15 bits per heavy atom. The fraction of sp³-hybridized carbons (Fsp3) is 0.647. The van der Waals surface area contributed by atoms with Crippen molar-refractivity contribution in [3.8, 4) is 0 Å². The summed E-state index contributed by atoms with van der Waals surface area (Å²) in [5, 5.41) is 8.69. The van der Waals surface area contributed by atoms with E-state index in [9.17, 15) is 0 Å². The third-order valence-electron chi connectivity index (χ3n) is 3.29. The lowest BCUT2D eigenvalue weighted by Gasteiger charge is -2.17. The van der Waals surface area contributed by atoms with Gasteiger partial charge < -0.3 is 14.6 Å². The topological polar surface area (TPSA) is 38.7 Å². The Labute approximate surface area is 123 Å². The Morgan fingerprint density at radius 2 is 1.95 bits per heavy atom. The lowest BCUT2D eigenvalue weighted by Crippen LogP contribution is -2.03. The van der Waals surface area contributed by atoms with Crippen LogP contribution in [-0.2, 0) is 9.47 Å². The molecule has 0 aromatic heterocycles. The molecule has 3 nitrogen and oxygen atoms in total. The molecular weight excluding hydrogens is 252 g/mol. The van der Waals surface area contributed by atoms with Crippen molar-refractivity contribution in [2.24, 2.45) is 0 Å². The van der Waals surface area contributed by atoms with Crippen molar-refractivity contribution in [3.05, 3.63) is 35.8 Å². The molecule has 0 spiro atoms. The van der Waals surface area contributed by atoms with Crippen LogP contribution in [0.5, 0.6) is 0 Å². The van der Waals surface area contributed by atoms with Gasteiger partial charge in [-0.3, -0.25) is 0 Å². The van der Waals surface area contributed by atoms with Crippen LogP contribution in [0.25, 0.3) is 0 Å². The van der Waals surface area contributed by atoms with Crippen LogP contribution in [0, 0.1) is 0 Å². The highest BCUT2D eigenvalue weighted by Gasteiger charge is 2.10. The molecule has 0 saturated carbocycles. The first-order valence-electron chi connectivity index (χ1n) is 7.73. The molecule has 0 unspecified atom stereocenters. The summed E-state index contributed by atoms with van der Waals surface area (Å²) in [6, 6.07) is 0. The van der Waals surface area contributed by atoms with Crippen LogP contribution in [0.3, 0.4) is 0 Å². The molecule has 0 heterocycles. The molecule has 0 aliphatic heterocycles. The zero-order valence-electron chi connectivity index (χ0n) is 12.7. The van der Waals surface area contributed by atoms with E-state index < -0.39 is 0 Å². The molecule has 3 heteroatoms. The van der Waals surface area contributed by atoms with Crippen LogP contribution >= 0.6 is 0 Å². The highest BCUT2D eigenvalue weighted by atomic mass is 16.5. The fourth-order valence-electron chi connectivity index (χ4n) is 2.06. The summed E-state index contributed by atoms with van der Waals surface area (Å²) in [6.45, 7) is 7.86. The van der Waals surface area contributed by atoms with Gasteiger partial charge in [0.05, 0.1) is 19.0 Å². The quantitative estimate of drug-likeness (QED) is 0.457. The summed E-state index contributed by atoms with van der Waals surface area (Å²) in [5.74, 6) is 1.85. The van der Waals surface area contributed by atoms with Gasteiger partial charge in [0.15, 0.2) is 0 Å². The van der Waals surface area contributed by atoms with E-state index in [4.69, 9.17) is 14.6 Å². The van der Waals surface area contributed by atoms with Crippen molar-refractivity contribution < 1.29 is 14.6 Å². The van der Waals surface area contributed by atoms with Crippen LogP contribution < -0.4 is 0 Å². The van der Waals surface area contributed by atoms with E-state index >= 15 is 0 Å². The second-order valence-electron chi connectivity index (χ2n) is 5.08. The average molecular weight is 280 g/mol. The summed E-state index contributed by atoms with van der Waals surface area (Å²) < 4.78 is 11.3. The zero-order chi connectivity index (χ0) is 14.6. The van der Waals surface area contributed by atoms with Crippen molar-refractivity contribution >= 4 is 0 Å².